The molecule has 20 heavy (non-hydrogen) atoms. The number of hydrogen-bond acceptors (Lipinski definition) is 2. The maximum Gasteiger partial charge on any atom is 0.0669 e. The van der Waals surface area contributed by atoms with Gasteiger partial charge in [-0.05, 0) is 22.3 Å². The van der Waals surface area contributed by atoms with E-state index in [0.717, 1.165) is 22.3 Å². The van der Waals surface area contributed by atoms with Crippen LogP contribution in [0.15, 0.2) is 48.5 Å². The zero-order valence-electron chi connectivity index (χ0n) is 11.1. The van der Waals surface area contributed by atoms with E-state index in [0.29, 0.717) is 12.8 Å². The van der Waals surface area contributed by atoms with Gasteiger partial charge in [-0.1, -0.05) is 60.7 Å². The van der Waals surface area contributed by atoms with Gasteiger partial charge in [-0.15, -0.1) is 0 Å². The largest absolute Gasteiger partial charge is 0.198 e. The highest BCUT2D eigenvalue weighted by Crippen LogP contribution is 2.16. The predicted molar refractivity (Wildman–Crippen MR) is 80.4 cm³/mol. The molecule has 96 valence electrons. The fourth-order valence-electron chi connectivity index (χ4n) is 2.07. The van der Waals surface area contributed by atoms with Crippen LogP contribution in [0.1, 0.15) is 22.3 Å². The summed E-state index contributed by atoms with van der Waals surface area (Å²) in [5, 5.41) is 17.7. The van der Waals surface area contributed by atoms with Crippen LogP contribution in [0.25, 0.3) is 12.2 Å². The Morgan fingerprint density at radius 3 is 1.50 bits per heavy atom. The molecule has 0 radical (unpaired) electrons. The van der Waals surface area contributed by atoms with Crippen LogP contribution >= 0.6 is 0 Å². The number of benzene rings is 2. The summed E-state index contributed by atoms with van der Waals surface area (Å²) < 4.78 is 0. The Morgan fingerprint density at radius 2 is 1.10 bits per heavy atom. The van der Waals surface area contributed by atoms with Crippen LogP contribution in [0, 0.1) is 22.7 Å². The maximum atomic E-state index is 8.83. The van der Waals surface area contributed by atoms with Crippen LogP contribution in [0.2, 0.25) is 0 Å². The van der Waals surface area contributed by atoms with Gasteiger partial charge in [0.25, 0.3) is 0 Å². The van der Waals surface area contributed by atoms with Crippen molar-refractivity contribution in [3.63, 3.8) is 0 Å². The topological polar surface area (TPSA) is 47.6 Å². The first-order valence-corrected chi connectivity index (χ1v) is 6.43. The molecule has 0 saturated heterocycles. The smallest absolute Gasteiger partial charge is 0.0669 e. The van der Waals surface area contributed by atoms with E-state index in [1.54, 1.807) is 0 Å². The van der Waals surface area contributed by atoms with Gasteiger partial charge >= 0.3 is 0 Å². The SMILES string of the molecule is N#CCc1ccccc1C=Cc1ccccc1CC#N. The predicted octanol–water partition coefficient (Wildman–Crippen LogP) is 3.99. The summed E-state index contributed by atoms with van der Waals surface area (Å²) in [5.74, 6) is 0. The molecule has 0 bridgehead atoms. The lowest BCUT2D eigenvalue weighted by Crippen LogP contribution is -1.88. The first-order chi connectivity index (χ1) is 9.85. The average molecular weight is 258 g/mol. The van der Waals surface area contributed by atoms with E-state index in [-0.39, 0.29) is 0 Å². The summed E-state index contributed by atoms with van der Waals surface area (Å²) in [6.07, 6.45) is 4.81. The fraction of sp³-hybridized carbons (Fsp3) is 0.111. The van der Waals surface area contributed by atoms with E-state index in [2.05, 4.69) is 12.1 Å². The fourth-order valence-corrected chi connectivity index (χ4v) is 2.07. The van der Waals surface area contributed by atoms with Gasteiger partial charge in [0.1, 0.15) is 0 Å². The molecule has 2 aromatic rings. The van der Waals surface area contributed by atoms with Gasteiger partial charge in [-0.25, -0.2) is 0 Å². The van der Waals surface area contributed by atoms with Crippen LogP contribution in [-0.4, -0.2) is 0 Å². The quantitative estimate of drug-likeness (QED) is 0.778. The second kappa shape index (κ2) is 6.92. The van der Waals surface area contributed by atoms with Crippen LogP contribution < -0.4 is 0 Å². The van der Waals surface area contributed by atoms with Crippen molar-refractivity contribution >= 4 is 12.2 Å². The molecule has 0 amide bonds. The molecule has 0 aliphatic carbocycles. The molecule has 0 aliphatic rings. The van der Waals surface area contributed by atoms with Gasteiger partial charge in [0.2, 0.25) is 0 Å². The minimum absolute atomic E-state index is 0.403. The molecule has 2 heteroatoms. The van der Waals surface area contributed by atoms with Crippen molar-refractivity contribution in [1.82, 2.24) is 0 Å². The molecular formula is C18H14N2. The first-order valence-electron chi connectivity index (χ1n) is 6.43. The lowest BCUT2D eigenvalue weighted by Gasteiger charge is -2.03. The summed E-state index contributed by atoms with van der Waals surface area (Å²) in [4.78, 5) is 0. The molecule has 0 N–H and O–H groups in total. The molecule has 0 unspecified atom stereocenters. The molecule has 0 saturated carbocycles. The van der Waals surface area contributed by atoms with E-state index in [9.17, 15) is 0 Å². The van der Waals surface area contributed by atoms with Crippen molar-refractivity contribution in [2.24, 2.45) is 0 Å². The van der Waals surface area contributed by atoms with Crippen LogP contribution in [-0.2, 0) is 12.8 Å². The molecule has 0 heterocycles. The molecule has 0 aliphatic heterocycles. The third-order valence-corrected chi connectivity index (χ3v) is 3.09. The molecule has 0 spiro atoms. The molecule has 2 aromatic carbocycles. The summed E-state index contributed by atoms with van der Waals surface area (Å²) in [7, 11) is 0. The molecule has 2 nitrogen and oxygen atoms in total. The van der Waals surface area contributed by atoms with Crippen molar-refractivity contribution in [3.05, 3.63) is 70.8 Å². The second-order valence-electron chi connectivity index (χ2n) is 4.40. The number of hydrogen-bond donors (Lipinski definition) is 0. The Bertz CT molecular complexity index is 638. The van der Waals surface area contributed by atoms with Crippen LogP contribution in [0.5, 0.6) is 0 Å². The van der Waals surface area contributed by atoms with Gasteiger partial charge in [-0.2, -0.15) is 10.5 Å². The first kappa shape index (κ1) is 13.6. The lowest BCUT2D eigenvalue weighted by molar-refractivity contribution is 1.25. The van der Waals surface area contributed by atoms with Gasteiger partial charge in [0.05, 0.1) is 25.0 Å². The third-order valence-electron chi connectivity index (χ3n) is 3.09. The highest BCUT2D eigenvalue weighted by Gasteiger charge is 2.00. The van der Waals surface area contributed by atoms with Crippen LogP contribution in [0.3, 0.4) is 0 Å². The average Bonchev–Trinajstić information content (AvgIpc) is 2.48. The molecule has 0 fully saturated rings. The third kappa shape index (κ3) is 3.34. The number of nitriles is 2. The van der Waals surface area contributed by atoms with Gasteiger partial charge in [-0.3, -0.25) is 0 Å². The van der Waals surface area contributed by atoms with Crippen molar-refractivity contribution in [3.8, 4) is 12.1 Å². The monoisotopic (exact) mass is 258 g/mol. The molecule has 0 aromatic heterocycles. The maximum absolute atomic E-state index is 8.83. The van der Waals surface area contributed by atoms with Gasteiger partial charge < -0.3 is 0 Å². The lowest BCUT2D eigenvalue weighted by atomic mass is 10.0. The number of rotatable bonds is 4. The normalized spacial score (nSPS) is 10.1. The minimum Gasteiger partial charge on any atom is -0.198 e. The molecular weight excluding hydrogens is 244 g/mol. The van der Waals surface area contributed by atoms with E-state index >= 15 is 0 Å². The Hall–Kier alpha value is -2.84. The zero-order chi connectivity index (χ0) is 14.2. The summed E-state index contributed by atoms with van der Waals surface area (Å²) in [6, 6.07) is 20.1. The van der Waals surface area contributed by atoms with E-state index < -0.39 is 0 Å². The Labute approximate surface area is 119 Å². The van der Waals surface area contributed by atoms with E-state index in [4.69, 9.17) is 10.5 Å². The summed E-state index contributed by atoms with van der Waals surface area (Å²) in [6.45, 7) is 0. The van der Waals surface area contributed by atoms with Crippen LogP contribution in [0.4, 0.5) is 0 Å². The highest BCUT2D eigenvalue weighted by molar-refractivity contribution is 5.72. The Kier molecular flexibility index (Phi) is 4.70. The minimum atomic E-state index is 0.403. The Morgan fingerprint density at radius 1 is 0.700 bits per heavy atom. The highest BCUT2D eigenvalue weighted by atomic mass is 14.2. The summed E-state index contributed by atoms with van der Waals surface area (Å²) >= 11 is 0. The van der Waals surface area contributed by atoms with Crippen molar-refractivity contribution in [2.45, 2.75) is 12.8 Å². The van der Waals surface area contributed by atoms with Gasteiger partial charge in [0, 0.05) is 0 Å². The Balaban J connectivity index is 2.31. The van der Waals surface area contributed by atoms with Crippen molar-refractivity contribution in [1.29, 1.82) is 10.5 Å². The van der Waals surface area contributed by atoms with E-state index in [1.165, 1.54) is 0 Å². The zero-order valence-corrected chi connectivity index (χ0v) is 11.1. The van der Waals surface area contributed by atoms with E-state index in [1.807, 2.05) is 60.7 Å². The van der Waals surface area contributed by atoms with Crippen molar-refractivity contribution < 1.29 is 0 Å². The van der Waals surface area contributed by atoms with Crippen molar-refractivity contribution in [2.75, 3.05) is 0 Å². The second-order valence-corrected chi connectivity index (χ2v) is 4.40. The standard InChI is InChI=1S/C18H14N2/c19-13-11-17-7-3-1-5-15(17)9-10-16-6-2-4-8-18(16)12-14-20/h1-10H,11-12H2. The molecule has 0 atom stereocenters. The number of nitrogens with zero attached hydrogens (tertiary/aromatic N) is 2. The van der Waals surface area contributed by atoms with Gasteiger partial charge in [0.15, 0.2) is 0 Å². The molecule has 2 rings (SSSR count). The summed E-state index contributed by atoms with van der Waals surface area (Å²) in [5.41, 5.74) is 4.12.